The second kappa shape index (κ2) is 6.70. The second-order valence-electron chi connectivity index (χ2n) is 5.83. The third-order valence-corrected chi connectivity index (χ3v) is 4.59. The molecular formula is C16H13F7N2OS. The Hall–Kier alpha value is -2.30. The van der Waals surface area contributed by atoms with Gasteiger partial charge in [0.05, 0.1) is 10.6 Å². The number of nitrogens with one attached hydrogen (secondary N) is 1. The molecule has 2 rings (SSSR count). The van der Waals surface area contributed by atoms with Crippen molar-refractivity contribution in [2.75, 3.05) is 11.1 Å². The molecular weight excluding hydrogens is 401 g/mol. The van der Waals surface area contributed by atoms with Crippen molar-refractivity contribution in [3.63, 3.8) is 0 Å². The number of thiophene rings is 1. The lowest BCUT2D eigenvalue weighted by Gasteiger charge is -2.31. The molecule has 0 aliphatic carbocycles. The molecule has 0 aliphatic heterocycles. The number of rotatable bonds is 3. The van der Waals surface area contributed by atoms with Gasteiger partial charge >= 0.3 is 18.0 Å². The number of hydrogen-bond acceptors (Lipinski definition) is 3. The summed E-state index contributed by atoms with van der Waals surface area (Å²) in [6.45, 7) is 2.34. The maximum absolute atomic E-state index is 14.2. The Balaban J connectivity index is 2.49. The van der Waals surface area contributed by atoms with Gasteiger partial charge in [-0.05, 0) is 31.0 Å². The molecule has 0 saturated heterocycles. The molecule has 0 saturated carbocycles. The number of carbonyl (C=O) groups excluding carboxylic acids is 1. The van der Waals surface area contributed by atoms with E-state index >= 15 is 0 Å². The fourth-order valence-electron chi connectivity index (χ4n) is 2.51. The summed E-state index contributed by atoms with van der Waals surface area (Å²) >= 11 is 1.08. The highest BCUT2D eigenvalue weighted by Crippen LogP contribution is 2.53. The van der Waals surface area contributed by atoms with Crippen LogP contribution in [0.4, 0.5) is 41.4 Å². The van der Waals surface area contributed by atoms with Crippen LogP contribution in [0.5, 0.6) is 0 Å². The Kier molecular flexibility index (Phi) is 5.21. The van der Waals surface area contributed by atoms with Gasteiger partial charge in [-0.25, -0.2) is 4.39 Å². The number of carbonyl (C=O) groups is 1. The fourth-order valence-corrected chi connectivity index (χ4v) is 3.14. The van der Waals surface area contributed by atoms with E-state index in [4.69, 9.17) is 5.73 Å². The van der Waals surface area contributed by atoms with Crippen LogP contribution in [0.25, 0.3) is 0 Å². The van der Waals surface area contributed by atoms with Crippen LogP contribution >= 0.6 is 11.3 Å². The van der Waals surface area contributed by atoms with Gasteiger partial charge in [0.15, 0.2) is 0 Å². The van der Waals surface area contributed by atoms with Gasteiger partial charge < -0.3 is 11.1 Å². The van der Waals surface area contributed by atoms with E-state index in [1.54, 1.807) is 0 Å². The average Bonchev–Trinajstić information content (AvgIpc) is 2.94. The standard InChI is InChI=1S/C16H13F7N2OS/c1-7-3-10(14(17,15(18,19)20)16(21,22)23)4-8(2)12(7)25-13(26)9-5-11(24)27-6-9/h3-6H,24H2,1-2H3,(H,25,26). The quantitative estimate of drug-likeness (QED) is 0.653. The van der Waals surface area contributed by atoms with Crippen LogP contribution in [0.3, 0.4) is 0 Å². The second-order valence-corrected chi connectivity index (χ2v) is 6.77. The molecule has 148 valence electrons. The van der Waals surface area contributed by atoms with Gasteiger partial charge in [0.2, 0.25) is 0 Å². The van der Waals surface area contributed by atoms with E-state index < -0.39 is 29.5 Å². The Bertz CT molecular complexity index is 833. The summed E-state index contributed by atoms with van der Waals surface area (Å²) in [7, 11) is 0. The van der Waals surface area contributed by atoms with Crippen molar-refractivity contribution in [1.82, 2.24) is 0 Å². The number of benzene rings is 1. The molecule has 0 aliphatic rings. The van der Waals surface area contributed by atoms with E-state index in [0.29, 0.717) is 17.1 Å². The number of amides is 1. The summed E-state index contributed by atoms with van der Waals surface area (Å²) < 4.78 is 91.7. The molecule has 0 fully saturated rings. The number of halogens is 7. The van der Waals surface area contributed by atoms with Gasteiger partial charge in [0.25, 0.3) is 5.91 Å². The summed E-state index contributed by atoms with van der Waals surface area (Å²) in [6, 6.07) is 2.20. The van der Waals surface area contributed by atoms with E-state index in [0.717, 1.165) is 11.3 Å². The maximum atomic E-state index is 14.2. The number of anilines is 2. The van der Waals surface area contributed by atoms with Crippen LogP contribution in [0, 0.1) is 13.8 Å². The van der Waals surface area contributed by atoms with Gasteiger partial charge in [-0.2, -0.15) is 26.3 Å². The van der Waals surface area contributed by atoms with Crippen LogP contribution in [0.1, 0.15) is 27.0 Å². The first-order valence-corrected chi connectivity index (χ1v) is 8.16. The highest BCUT2D eigenvalue weighted by Gasteiger charge is 2.73. The summed E-state index contributed by atoms with van der Waals surface area (Å²) in [5, 5.41) is 4.17. The minimum absolute atomic E-state index is 0.0137. The first-order valence-electron chi connectivity index (χ1n) is 7.28. The van der Waals surface area contributed by atoms with Crippen LogP contribution < -0.4 is 11.1 Å². The molecule has 0 spiro atoms. The zero-order valence-corrected chi connectivity index (χ0v) is 14.7. The van der Waals surface area contributed by atoms with Crippen LogP contribution in [0.2, 0.25) is 0 Å². The average molecular weight is 414 g/mol. The third-order valence-electron chi connectivity index (χ3n) is 3.83. The lowest BCUT2D eigenvalue weighted by molar-refractivity contribution is -0.348. The third kappa shape index (κ3) is 3.73. The zero-order chi connectivity index (χ0) is 20.8. The fraction of sp³-hybridized carbons (Fsp3) is 0.312. The molecule has 1 aromatic heterocycles. The largest absolute Gasteiger partial charge is 0.435 e. The highest BCUT2D eigenvalue weighted by atomic mass is 32.1. The molecule has 2 aromatic rings. The summed E-state index contributed by atoms with van der Waals surface area (Å²) in [4.78, 5) is 12.1. The predicted octanol–water partition coefficient (Wildman–Crippen LogP) is 5.49. The van der Waals surface area contributed by atoms with Gasteiger partial charge in [0.1, 0.15) is 0 Å². The molecule has 1 amide bonds. The zero-order valence-electron chi connectivity index (χ0n) is 13.8. The maximum Gasteiger partial charge on any atom is 0.435 e. The van der Waals surface area contributed by atoms with E-state index in [-0.39, 0.29) is 22.4 Å². The molecule has 1 heterocycles. The Labute approximate surface area is 153 Å². The van der Waals surface area contributed by atoms with Gasteiger partial charge in [-0.15, -0.1) is 11.3 Å². The van der Waals surface area contributed by atoms with Crippen molar-refractivity contribution < 1.29 is 35.5 Å². The predicted molar refractivity (Wildman–Crippen MR) is 87.5 cm³/mol. The Morgan fingerprint density at radius 3 is 1.81 bits per heavy atom. The molecule has 0 atom stereocenters. The Morgan fingerprint density at radius 1 is 0.963 bits per heavy atom. The van der Waals surface area contributed by atoms with Crippen molar-refractivity contribution in [1.29, 1.82) is 0 Å². The molecule has 27 heavy (non-hydrogen) atoms. The van der Waals surface area contributed by atoms with Gasteiger partial charge in [-0.1, -0.05) is 12.1 Å². The van der Waals surface area contributed by atoms with Gasteiger partial charge in [0, 0.05) is 16.6 Å². The van der Waals surface area contributed by atoms with Crippen molar-refractivity contribution in [2.45, 2.75) is 31.9 Å². The van der Waals surface area contributed by atoms with E-state index in [1.807, 2.05) is 0 Å². The van der Waals surface area contributed by atoms with Crippen molar-refractivity contribution in [3.05, 3.63) is 45.8 Å². The smallest absolute Gasteiger partial charge is 0.391 e. The lowest BCUT2D eigenvalue weighted by atomic mass is 9.90. The number of aryl methyl sites for hydroxylation is 2. The van der Waals surface area contributed by atoms with Crippen LogP contribution in [-0.4, -0.2) is 18.3 Å². The first-order chi connectivity index (χ1) is 12.2. The van der Waals surface area contributed by atoms with Crippen LogP contribution in [-0.2, 0) is 5.67 Å². The molecule has 0 radical (unpaired) electrons. The molecule has 1 aromatic carbocycles. The summed E-state index contributed by atoms with van der Waals surface area (Å²) in [5.74, 6) is -0.653. The summed E-state index contributed by atoms with van der Waals surface area (Å²) in [5.41, 5.74) is -1.78. The van der Waals surface area contributed by atoms with E-state index in [1.165, 1.54) is 25.3 Å². The number of nitrogens with two attached hydrogens (primary N) is 1. The summed E-state index contributed by atoms with van der Waals surface area (Å²) in [6.07, 6.45) is -12.4. The normalized spacial score (nSPS) is 12.9. The van der Waals surface area contributed by atoms with E-state index in [2.05, 4.69) is 5.32 Å². The number of alkyl halides is 7. The van der Waals surface area contributed by atoms with Crippen molar-refractivity contribution in [2.24, 2.45) is 0 Å². The van der Waals surface area contributed by atoms with Gasteiger partial charge in [-0.3, -0.25) is 4.79 Å². The SMILES string of the molecule is Cc1cc(C(F)(C(F)(F)F)C(F)(F)F)cc(C)c1NC(=O)c1csc(N)c1. The molecule has 3 N–H and O–H groups in total. The minimum Gasteiger partial charge on any atom is -0.391 e. The minimum atomic E-state index is -6.21. The first kappa shape index (κ1) is 21.0. The van der Waals surface area contributed by atoms with Crippen molar-refractivity contribution in [3.8, 4) is 0 Å². The molecule has 0 bridgehead atoms. The monoisotopic (exact) mass is 414 g/mol. The molecule has 0 unspecified atom stereocenters. The number of hydrogen-bond donors (Lipinski definition) is 2. The van der Waals surface area contributed by atoms with Crippen molar-refractivity contribution >= 4 is 27.9 Å². The number of nitrogen functional groups attached to an aromatic ring is 1. The highest BCUT2D eigenvalue weighted by molar-refractivity contribution is 7.14. The molecule has 11 heteroatoms. The topological polar surface area (TPSA) is 55.1 Å². The van der Waals surface area contributed by atoms with E-state index in [9.17, 15) is 35.5 Å². The Morgan fingerprint density at radius 2 is 1.44 bits per heavy atom. The van der Waals surface area contributed by atoms with Crippen LogP contribution in [0.15, 0.2) is 23.6 Å². The lowest BCUT2D eigenvalue weighted by Crippen LogP contribution is -2.50. The molecule has 3 nitrogen and oxygen atoms in total.